The molecule has 0 saturated heterocycles. The summed E-state index contributed by atoms with van der Waals surface area (Å²) in [5.74, 6) is 0.812. The second kappa shape index (κ2) is 9.40. The van der Waals surface area contributed by atoms with Crippen LogP contribution >= 0.6 is 11.6 Å². The lowest BCUT2D eigenvalue weighted by atomic mass is 9.87. The minimum absolute atomic E-state index is 0.0878. The van der Waals surface area contributed by atoms with E-state index in [2.05, 4.69) is 12.2 Å². The van der Waals surface area contributed by atoms with E-state index in [1.165, 1.54) is 12.8 Å². The Labute approximate surface area is 141 Å². The molecule has 2 atom stereocenters. The Bertz CT molecular complexity index is 543. The summed E-state index contributed by atoms with van der Waals surface area (Å²) in [6.07, 6.45) is 3.27. The molecule has 128 valence electrons. The number of rotatable bonds is 3. The Hall–Kier alpha value is -1.75. The highest BCUT2D eigenvalue weighted by Crippen LogP contribution is 2.24. The van der Waals surface area contributed by atoms with Gasteiger partial charge in [0.2, 0.25) is 5.91 Å². The molecule has 0 aromatic heterocycles. The highest BCUT2D eigenvalue weighted by molar-refractivity contribution is 6.31. The summed E-state index contributed by atoms with van der Waals surface area (Å²) in [5, 5.41) is 17.8. The van der Waals surface area contributed by atoms with Crippen molar-refractivity contribution >= 4 is 23.7 Å². The van der Waals surface area contributed by atoms with Gasteiger partial charge in [0, 0.05) is 11.1 Å². The van der Waals surface area contributed by atoms with E-state index in [1.807, 2.05) is 25.1 Å². The molecule has 23 heavy (non-hydrogen) atoms. The summed E-state index contributed by atoms with van der Waals surface area (Å²) in [4.78, 5) is 20.6. The van der Waals surface area contributed by atoms with Gasteiger partial charge in [-0.05, 0) is 42.9 Å². The topological polar surface area (TPSA) is 86.6 Å². The molecule has 0 spiro atoms. The maximum atomic E-state index is 12.1. The Balaban J connectivity index is 0.000000593. The van der Waals surface area contributed by atoms with Gasteiger partial charge >= 0.3 is 6.16 Å². The zero-order valence-electron chi connectivity index (χ0n) is 13.5. The second-order valence-electron chi connectivity index (χ2n) is 6.09. The van der Waals surface area contributed by atoms with Crippen LogP contribution in [-0.2, 0) is 11.2 Å². The van der Waals surface area contributed by atoms with Gasteiger partial charge in [-0.2, -0.15) is 0 Å². The van der Waals surface area contributed by atoms with Gasteiger partial charge in [0.05, 0.1) is 6.42 Å². The van der Waals surface area contributed by atoms with E-state index in [0.29, 0.717) is 17.5 Å². The Morgan fingerprint density at radius 1 is 1.30 bits per heavy atom. The van der Waals surface area contributed by atoms with E-state index in [-0.39, 0.29) is 5.91 Å². The van der Waals surface area contributed by atoms with Crippen LogP contribution in [0.2, 0.25) is 5.02 Å². The molecule has 0 radical (unpaired) electrons. The van der Waals surface area contributed by atoms with Crippen molar-refractivity contribution in [3.05, 3.63) is 34.3 Å². The number of carboxylic acid groups (broad SMARTS) is 2. The smallest absolute Gasteiger partial charge is 0.450 e. The predicted octanol–water partition coefficient (Wildman–Crippen LogP) is 4.11. The predicted molar refractivity (Wildman–Crippen MR) is 90.1 cm³/mol. The fraction of sp³-hybridized carbons (Fsp3) is 0.529. The molecular weight excluding hydrogens is 318 g/mol. The van der Waals surface area contributed by atoms with Gasteiger partial charge in [-0.15, -0.1) is 0 Å². The van der Waals surface area contributed by atoms with E-state index in [4.69, 9.17) is 26.6 Å². The largest absolute Gasteiger partial charge is 0.503 e. The molecule has 0 aliphatic heterocycles. The summed E-state index contributed by atoms with van der Waals surface area (Å²) < 4.78 is 0. The first kappa shape index (κ1) is 19.3. The molecule has 1 saturated carbocycles. The molecule has 5 nitrogen and oxygen atoms in total. The van der Waals surface area contributed by atoms with Crippen LogP contribution in [-0.4, -0.2) is 28.3 Å². The molecule has 0 bridgehead atoms. The molecule has 2 rings (SSSR count). The van der Waals surface area contributed by atoms with Gasteiger partial charge in [-0.3, -0.25) is 4.79 Å². The first-order chi connectivity index (χ1) is 10.8. The standard InChI is InChI=1S/C16H22ClNO.CH2O3/c1-11-4-3-5-14(8-11)18-16(19)10-13-7-6-12(2)9-15(13)17;2-1(3)4/h6-7,9,11,14H,3-5,8,10H2,1-2H3,(H,18,19);(H2,2,3,4). The van der Waals surface area contributed by atoms with Crippen molar-refractivity contribution in [1.82, 2.24) is 5.32 Å². The Morgan fingerprint density at radius 3 is 2.52 bits per heavy atom. The van der Waals surface area contributed by atoms with Crippen LogP contribution in [0.5, 0.6) is 0 Å². The van der Waals surface area contributed by atoms with Crippen molar-refractivity contribution in [2.75, 3.05) is 0 Å². The number of amides is 1. The van der Waals surface area contributed by atoms with Crippen LogP contribution in [0.1, 0.15) is 43.7 Å². The summed E-state index contributed by atoms with van der Waals surface area (Å²) in [6.45, 7) is 4.26. The molecule has 2 unspecified atom stereocenters. The maximum absolute atomic E-state index is 12.1. The third kappa shape index (κ3) is 7.88. The normalized spacial score (nSPS) is 20.1. The number of aryl methyl sites for hydroxylation is 1. The first-order valence-electron chi connectivity index (χ1n) is 7.74. The molecule has 1 aromatic rings. The van der Waals surface area contributed by atoms with Crippen molar-refractivity contribution in [2.24, 2.45) is 5.92 Å². The van der Waals surface area contributed by atoms with Crippen LogP contribution in [0.15, 0.2) is 18.2 Å². The maximum Gasteiger partial charge on any atom is 0.503 e. The van der Waals surface area contributed by atoms with E-state index >= 15 is 0 Å². The SMILES string of the molecule is Cc1ccc(CC(=O)NC2CCCC(C)C2)c(Cl)c1.O=C(O)O. The molecule has 3 N–H and O–H groups in total. The average molecular weight is 342 g/mol. The number of hydrogen-bond donors (Lipinski definition) is 3. The van der Waals surface area contributed by atoms with Crippen LogP contribution < -0.4 is 5.32 Å². The monoisotopic (exact) mass is 341 g/mol. The number of carbonyl (C=O) groups is 2. The lowest BCUT2D eigenvalue weighted by Gasteiger charge is -2.27. The van der Waals surface area contributed by atoms with E-state index < -0.39 is 6.16 Å². The van der Waals surface area contributed by atoms with Gasteiger partial charge in [-0.1, -0.05) is 43.5 Å². The molecule has 1 aliphatic rings. The number of hydrogen-bond acceptors (Lipinski definition) is 2. The fourth-order valence-electron chi connectivity index (χ4n) is 2.81. The third-order valence-electron chi connectivity index (χ3n) is 3.86. The van der Waals surface area contributed by atoms with Gasteiger partial charge < -0.3 is 15.5 Å². The highest BCUT2D eigenvalue weighted by Gasteiger charge is 2.20. The summed E-state index contributed by atoms with van der Waals surface area (Å²) in [6, 6.07) is 6.20. The van der Waals surface area contributed by atoms with E-state index in [0.717, 1.165) is 29.9 Å². The number of nitrogens with one attached hydrogen (secondary N) is 1. The molecule has 0 heterocycles. The highest BCUT2D eigenvalue weighted by atomic mass is 35.5. The number of benzene rings is 1. The minimum Gasteiger partial charge on any atom is -0.450 e. The van der Waals surface area contributed by atoms with Crippen LogP contribution in [0.3, 0.4) is 0 Å². The molecule has 1 amide bonds. The van der Waals surface area contributed by atoms with Crippen molar-refractivity contribution < 1.29 is 19.8 Å². The molecule has 6 heteroatoms. The summed E-state index contributed by atoms with van der Waals surface area (Å²) in [5.41, 5.74) is 2.03. The quantitative estimate of drug-likeness (QED) is 0.772. The van der Waals surface area contributed by atoms with Gasteiger partial charge in [-0.25, -0.2) is 4.79 Å². The van der Waals surface area contributed by atoms with Crippen molar-refractivity contribution in [3.63, 3.8) is 0 Å². The van der Waals surface area contributed by atoms with Crippen molar-refractivity contribution in [3.8, 4) is 0 Å². The number of carbonyl (C=O) groups excluding carboxylic acids is 1. The first-order valence-corrected chi connectivity index (χ1v) is 8.12. The van der Waals surface area contributed by atoms with Gasteiger partial charge in [0.1, 0.15) is 0 Å². The molecule has 1 aromatic carbocycles. The summed E-state index contributed by atoms with van der Waals surface area (Å²) >= 11 is 6.16. The van der Waals surface area contributed by atoms with Crippen LogP contribution in [0.4, 0.5) is 4.79 Å². The second-order valence-corrected chi connectivity index (χ2v) is 6.50. The molecule has 1 aliphatic carbocycles. The van der Waals surface area contributed by atoms with Crippen LogP contribution in [0, 0.1) is 12.8 Å². The summed E-state index contributed by atoms with van der Waals surface area (Å²) in [7, 11) is 0. The lowest BCUT2D eigenvalue weighted by Crippen LogP contribution is -2.38. The molecular formula is C17H24ClNO4. The Morgan fingerprint density at radius 2 is 1.96 bits per heavy atom. The van der Waals surface area contributed by atoms with Crippen molar-refractivity contribution in [1.29, 1.82) is 0 Å². The van der Waals surface area contributed by atoms with E-state index in [1.54, 1.807) is 0 Å². The minimum atomic E-state index is -1.83. The van der Waals surface area contributed by atoms with Gasteiger partial charge in [0.15, 0.2) is 0 Å². The van der Waals surface area contributed by atoms with Crippen LogP contribution in [0.25, 0.3) is 0 Å². The zero-order valence-corrected chi connectivity index (χ0v) is 14.3. The zero-order chi connectivity index (χ0) is 17.4. The fourth-order valence-corrected chi connectivity index (χ4v) is 3.11. The van der Waals surface area contributed by atoms with Gasteiger partial charge in [0.25, 0.3) is 0 Å². The number of halogens is 1. The molecule has 1 fully saturated rings. The lowest BCUT2D eigenvalue weighted by molar-refractivity contribution is -0.121. The Kier molecular flexibility index (Phi) is 7.89. The average Bonchev–Trinajstić information content (AvgIpc) is 2.41. The van der Waals surface area contributed by atoms with Crippen molar-refractivity contribution in [2.45, 2.75) is 52.0 Å². The van der Waals surface area contributed by atoms with E-state index in [9.17, 15) is 4.79 Å². The third-order valence-corrected chi connectivity index (χ3v) is 4.21.